The van der Waals surface area contributed by atoms with Gasteiger partial charge in [-0.2, -0.15) is 0 Å². The van der Waals surface area contributed by atoms with Gasteiger partial charge in [0.25, 0.3) is 0 Å². The van der Waals surface area contributed by atoms with Crippen LogP contribution in [-0.4, -0.2) is 30.2 Å². The first-order valence-corrected chi connectivity index (χ1v) is 6.00. The number of fused-ring (bicyclic) bond motifs is 1. The largest absolute Gasteiger partial charge is 0.361 e. The van der Waals surface area contributed by atoms with Crippen LogP contribution in [0.15, 0.2) is 0 Å². The first-order valence-electron chi connectivity index (χ1n) is 6.00. The Morgan fingerprint density at radius 3 is 3.00 bits per heavy atom. The minimum atomic E-state index is -0.769. The third kappa shape index (κ3) is 1.88. The number of terminal acetylenes is 1. The number of carbonyl (C=O) groups excluding carboxylic acids is 1. The maximum atomic E-state index is 11.3. The molecule has 0 aliphatic carbocycles. The second-order valence-corrected chi connectivity index (χ2v) is 4.66. The Bertz CT molecular complexity index is 307. The maximum absolute atomic E-state index is 11.3. The van der Waals surface area contributed by atoms with E-state index in [1.54, 1.807) is 0 Å². The van der Waals surface area contributed by atoms with E-state index in [-0.39, 0.29) is 18.3 Å². The number of carbonyl (C=O) groups is 1. The van der Waals surface area contributed by atoms with Gasteiger partial charge in [-0.25, -0.2) is 0 Å². The van der Waals surface area contributed by atoms with Gasteiger partial charge in [-0.3, -0.25) is 0 Å². The van der Waals surface area contributed by atoms with E-state index in [0.717, 1.165) is 32.0 Å². The van der Waals surface area contributed by atoms with Gasteiger partial charge < -0.3 is 14.3 Å². The summed E-state index contributed by atoms with van der Waals surface area (Å²) in [5, 5.41) is 0. The second kappa shape index (κ2) is 4.57. The van der Waals surface area contributed by atoms with Crippen LogP contribution in [0.1, 0.15) is 39.0 Å². The molecule has 3 heteroatoms. The highest BCUT2D eigenvalue weighted by Gasteiger charge is 2.52. The van der Waals surface area contributed by atoms with Gasteiger partial charge in [-0.15, -0.1) is 6.42 Å². The van der Waals surface area contributed by atoms with E-state index in [0.29, 0.717) is 6.42 Å². The van der Waals surface area contributed by atoms with Crippen LogP contribution in [0.3, 0.4) is 0 Å². The average molecular weight is 222 g/mol. The van der Waals surface area contributed by atoms with Gasteiger partial charge in [0.05, 0.1) is 12.2 Å². The molecule has 16 heavy (non-hydrogen) atoms. The molecule has 0 unspecified atom stereocenters. The minimum Gasteiger partial charge on any atom is -0.361 e. The predicted molar refractivity (Wildman–Crippen MR) is 59.9 cm³/mol. The zero-order valence-electron chi connectivity index (χ0n) is 9.65. The van der Waals surface area contributed by atoms with E-state index < -0.39 is 5.60 Å². The molecule has 2 fully saturated rings. The highest BCUT2D eigenvalue weighted by atomic mass is 16.6. The summed E-state index contributed by atoms with van der Waals surface area (Å²) in [6.07, 6.45) is 10.5. The zero-order valence-corrected chi connectivity index (χ0v) is 9.65. The lowest BCUT2D eigenvalue weighted by atomic mass is 9.87. The normalized spacial score (nSPS) is 42.4. The molecule has 2 saturated heterocycles. The van der Waals surface area contributed by atoms with Crippen molar-refractivity contribution in [2.75, 3.05) is 0 Å². The van der Waals surface area contributed by atoms with Crippen molar-refractivity contribution < 1.29 is 14.3 Å². The summed E-state index contributed by atoms with van der Waals surface area (Å²) in [6.45, 7) is 2.12. The van der Waals surface area contributed by atoms with Crippen molar-refractivity contribution in [1.29, 1.82) is 0 Å². The quantitative estimate of drug-likeness (QED) is 0.538. The van der Waals surface area contributed by atoms with Crippen LogP contribution < -0.4 is 0 Å². The van der Waals surface area contributed by atoms with E-state index >= 15 is 0 Å². The lowest BCUT2D eigenvalue weighted by Crippen LogP contribution is -2.49. The molecule has 0 amide bonds. The molecular formula is C13H18O3. The molecule has 2 aliphatic rings. The van der Waals surface area contributed by atoms with E-state index in [2.05, 4.69) is 12.8 Å². The molecule has 0 saturated carbocycles. The summed E-state index contributed by atoms with van der Waals surface area (Å²) in [6, 6.07) is 0. The molecule has 2 heterocycles. The summed E-state index contributed by atoms with van der Waals surface area (Å²) < 4.78 is 11.6. The molecule has 0 aromatic rings. The topological polar surface area (TPSA) is 35.5 Å². The molecular weight excluding hydrogens is 204 g/mol. The van der Waals surface area contributed by atoms with Gasteiger partial charge in [0.15, 0.2) is 11.9 Å². The van der Waals surface area contributed by atoms with Gasteiger partial charge in [0, 0.05) is 6.42 Å². The molecule has 0 bridgehead atoms. The van der Waals surface area contributed by atoms with E-state index in [1.807, 2.05) is 0 Å². The van der Waals surface area contributed by atoms with Crippen LogP contribution in [0.5, 0.6) is 0 Å². The number of aldehydes is 1. The van der Waals surface area contributed by atoms with Gasteiger partial charge in [-0.1, -0.05) is 19.3 Å². The van der Waals surface area contributed by atoms with Crippen molar-refractivity contribution in [1.82, 2.24) is 0 Å². The van der Waals surface area contributed by atoms with Crippen molar-refractivity contribution in [3.8, 4) is 12.3 Å². The molecule has 0 aromatic heterocycles. The zero-order chi connectivity index (χ0) is 11.6. The summed E-state index contributed by atoms with van der Waals surface area (Å²) in [4.78, 5) is 11.3. The highest BCUT2D eigenvalue weighted by molar-refractivity contribution is 5.65. The van der Waals surface area contributed by atoms with Crippen molar-refractivity contribution in [2.45, 2.75) is 62.9 Å². The lowest BCUT2D eigenvalue weighted by Gasteiger charge is -2.38. The van der Waals surface area contributed by atoms with Gasteiger partial charge in [0.1, 0.15) is 6.10 Å². The Morgan fingerprint density at radius 2 is 2.38 bits per heavy atom. The van der Waals surface area contributed by atoms with Crippen molar-refractivity contribution in [2.24, 2.45) is 0 Å². The SMILES string of the molecule is C#C[C@H]1C[C@]2(C=O)O[C@@H](CCC)CC[C@@H]2O1. The van der Waals surface area contributed by atoms with E-state index in [9.17, 15) is 4.79 Å². The van der Waals surface area contributed by atoms with Gasteiger partial charge >= 0.3 is 0 Å². The van der Waals surface area contributed by atoms with Crippen LogP contribution in [-0.2, 0) is 14.3 Å². The predicted octanol–water partition coefficient (Wildman–Crippen LogP) is 1.69. The van der Waals surface area contributed by atoms with Crippen LogP contribution in [0.2, 0.25) is 0 Å². The molecule has 2 rings (SSSR count). The fourth-order valence-electron chi connectivity index (χ4n) is 2.70. The summed E-state index contributed by atoms with van der Waals surface area (Å²) in [7, 11) is 0. The van der Waals surface area contributed by atoms with Crippen LogP contribution in [0.4, 0.5) is 0 Å². The Morgan fingerprint density at radius 1 is 1.56 bits per heavy atom. The number of ether oxygens (including phenoxy) is 2. The van der Waals surface area contributed by atoms with E-state index in [1.165, 1.54) is 0 Å². The highest BCUT2D eigenvalue weighted by Crippen LogP contribution is 2.40. The molecule has 0 aromatic carbocycles. The Labute approximate surface area is 96.5 Å². The standard InChI is InChI=1S/C13H18O3/c1-3-5-11-6-7-12-13(9-14,16-11)8-10(4-2)15-12/h2,9-12H,3,5-8H2,1H3/t10-,11-,12-,13+/m0/s1. The molecule has 3 nitrogen and oxygen atoms in total. The summed E-state index contributed by atoms with van der Waals surface area (Å²) >= 11 is 0. The Kier molecular flexibility index (Phi) is 3.32. The molecule has 0 radical (unpaired) electrons. The van der Waals surface area contributed by atoms with Crippen molar-refractivity contribution in [3.63, 3.8) is 0 Å². The third-order valence-corrected chi connectivity index (χ3v) is 3.51. The van der Waals surface area contributed by atoms with Gasteiger partial charge in [-0.05, 0) is 19.3 Å². The minimum absolute atomic E-state index is 0.140. The van der Waals surface area contributed by atoms with Crippen molar-refractivity contribution in [3.05, 3.63) is 0 Å². The van der Waals surface area contributed by atoms with Crippen LogP contribution in [0.25, 0.3) is 0 Å². The molecule has 4 atom stereocenters. The molecule has 2 aliphatic heterocycles. The molecule has 88 valence electrons. The molecule has 0 spiro atoms. The van der Waals surface area contributed by atoms with Crippen molar-refractivity contribution >= 4 is 6.29 Å². The monoisotopic (exact) mass is 222 g/mol. The lowest BCUT2D eigenvalue weighted by molar-refractivity contribution is -0.170. The van der Waals surface area contributed by atoms with Gasteiger partial charge in [0.2, 0.25) is 0 Å². The number of rotatable bonds is 3. The first kappa shape index (κ1) is 11.6. The fourth-order valence-corrected chi connectivity index (χ4v) is 2.70. The Hall–Kier alpha value is -0.850. The smallest absolute Gasteiger partial charge is 0.154 e. The Balaban J connectivity index is 2.11. The third-order valence-electron chi connectivity index (χ3n) is 3.51. The van der Waals surface area contributed by atoms with E-state index in [4.69, 9.17) is 15.9 Å². The maximum Gasteiger partial charge on any atom is 0.154 e. The molecule has 0 N–H and O–H groups in total. The fraction of sp³-hybridized carbons (Fsp3) is 0.769. The number of hydrogen-bond acceptors (Lipinski definition) is 3. The first-order chi connectivity index (χ1) is 7.74. The van der Waals surface area contributed by atoms with Crippen LogP contribution >= 0.6 is 0 Å². The van der Waals surface area contributed by atoms with Crippen LogP contribution in [0, 0.1) is 12.3 Å². The summed E-state index contributed by atoms with van der Waals surface area (Å²) in [5.41, 5.74) is -0.769. The average Bonchev–Trinajstić information content (AvgIpc) is 2.68. The number of hydrogen-bond donors (Lipinski definition) is 0. The second-order valence-electron chi connectivity index (χ2n) is 4.66. The summed E-state index contributed by atoms with van der Waals surface area (Å²) in [5.74, 6) is 2.57.